The third-order valence-electron chi connectivity index (χ3n) is 4.42. The van der Waals surface area contributed by atoms with Gasteiger partial charge in [0.05, 0.1) is 23.4 Å². The Morgan fingerprint density at radius 1 is 1.30 bits per heavy atom. The Balaban J connectivity index is 1.75. The minimum atomic E-state index is -1.05. The van der Waals surface area contributed by atoms with Crippen molar-refractivity contribution in [3.63, 3.8) is 0 Å². The smallest absolute Gasteiger partial charge is 0.356 e. The van der Waals surface area contributed by atoms with Crippen LogP contribution in [0.15, 0.2) is 22.7 Å². The highest BCUT2D eigenvalue weighted by Crippen LogP contribution is 2.51. The molecule has 2 aliphatic rings. The Morgan fingerprint density at radius 2 is 2.04 bits per heavy atom. The zero-order valence-corrected chi connectivity index (χ0v) is 14.1. The van der Waals surface area contributed by atoms with Crippen LogP contribution in [0.1, 0.15) is 23.3 Å². The maximum Gasteiger partial charge on any atom is 0.356 e. The summed E-state index contributed by atoms with van der Waals surface area (Å²) in [4.78, 5) is 11.1. The van der Waals surface area contributed by atoms with Crippen molar-refractivity contribution >= 4 is 21.9 Å². The Labute approximate surface area is 141 Å². The van der Waals surface area contributed by atoms with Crippen LogP contribution in [0.2, 0.25) is 0 Å². The first kappa shape index (κ1) is 14.6. The Hall–Kier alpha value is -2.02. The van der Waals surface area contributed by atoms with Crippen molar-refractivity contribution < 1.29 is 19.4 Å². The van der Waals surface area contributed by atoms with Crippen LogP contribution >= 0.6 is 15.9 Å². The van der Waals surface area contributed by atoms with E-state index < -0.39 is 5.97 Å². The number of carboxylic acids is 1. The van der Waals surface area contributed by atoms with Crippen LogP contribution in [0.4, 0.5) is 0 Å². The molecule has 1 aliphatic carbocycles. The number of aryl methyl sites for hydroxylation is 1. The fourth-order valence-corrected chi connectivity index (χ4v) is 3.33. The molecule has 2 aromatic rings. The summed E-state index contributed by atoms with van der Waals surface area (Å²) in [7, 11) is 1.72. The zero-order chi connectivity index (χ0) is 16.2. The minimum Gasteiger partial charge on any atom is -0.489 e. The summed E-state index contributed by atoms with van der Waals surface area (Å²) in [5.41, 5.74) is 1.72. The van der Waals surface area contributed by atoms with Gasteiger partial charge in [-0.05, 0) is 47.0 Å². The molecule has 2 heterocycles. The van der Waals surface area contributed by atoms with Gasteiger partial charge in [-0.2, -0.15) is 5.10 Å². The van der Waals surface area contributed by atoms with Gasteiger partial charge in [-0.1, -0.05) is 0 Å². The van der Waals surface area contributed by atoms with Gasteiger partial charge in [0.2, 0.25) is 0 Å². The lowest BCUT2D eigenvalue weighted by Gasteiger charge is -2.11. The molecule has 4 rings (SSSR count). The molecule has 1 aromatic carbocycles. The monoisotopic (exact) mass is 378 g/mol. The van der Waals surface area contributed by atoms with Crippen molar-refractivity contribution in [2.45, 2.75) is 12.8 Å². The van der Waals surface area contributed by atoms with Gasteiger partial charge in [-0.15, -0.1) is 0 Å². The Bertz CT molecular complexity index is 811. The molecule has 0 atom stereocenters. The molecule has 1 aromatic heterocycles. The largest absolute Gasteiger partial charge is 0.489 e. The molecule has 6 nitrogen and oxygen atoms in total. The number of aromatic carboxylic acids is 1. The number of rotatable bonds is 2. The summed E-state index contributed by atoms with van der Waals surface area (Å²) < 4.78 is 14.2. The van der Waals surface area contributed by atoms with Gasteiger partial charge < -0.3 is 14.6 Å². The lowest BCUT2D eigenvalue weighted by Crippen LogP contribution is -2.17. The van der Waals surface area contributed by atoms with Crippen LogP contribution in [-0.2, 0) is 7.05 Å². The second-order valence-electron chi connectivity index (χ2n) is 6.21. The Morgan fingerprint density at radius 3 is 2.70 bits per heavy atom. The number of nitrogens with zero attached hydrogens (tertiary/aromatic N) is 2. The molecule has 7 heteroatoms. The van der Waals surface area contributed by atoms with E-state index in [1.807, 2.05) is 12.1 Å². The summed E-state index contributed by atoms with van der Waals surface area (Å²) in [5.74, 6) is 0.338. The van der Waals surface area contributed by atoms with Crippen molar-refractivity contribution in [1.29, 1.82) is 0 Å². The van der Waals surface area contributed by atoms with E-state index in [-0.39, 0.29) is 11.1 Å². The van der Waals surface area contributed by atoms with Crippen molar-refractivity contribution in [3.8, 4) is 22.8 Å². The van der Waals surface area contributed by atoms with Gasteiger partial charge >= 0.3 is 5.97 Å². The maximum atomic E-state index is 11.1. The van der Waals surface area contributed by atoms with Crippen molar-refractivity contribution in [2.24, 2.45) is 12.5 Å². The van der Waals surface area contributed by atoms with E-state index in [4.69, 9.17) is 14.6 Å². The highest BCUT2D eigenvalue weighted by molar-refractivity contribution is 9.10. The average Bonchev–Trinajstić information content (AvgIpc) is 3.21. The number of ether oxygens (including phenoxy) is 2. The number of fused-ring (bicyclic) bond motifs is 1. The second kappa shape index (κ2) is 4.99. The van der Waals surface area contributed by atoms with Crippen molar-refractivity contribution in [1.82, 2.24) is 9.78 Å². The zero-order valence-electron chi connectivity index (χ0n) is 12.5. The van der Waals surface area contributed by atoms with Gasteiger partial charge in [0.25, 0.3) is 0 Å². The number of halogens is 1. The van der Waals surface area contributed by atoms with Crippen LogP contribution < -0.4 is 9.47 Å². The molecule has 0 amide bonds. The van der Waals surface area contributed by atoms with Gasteiger partial charge in [0.15, 0.2) is 17.2 Å². The van der Waals surface area contributed by atoms with Crippen LogP contribution in [0.25, 0.3) is 11.3 Å². The van der Waals surface area contributed by atoms with Gasteiger partial charge in [-0.25, -0.2) is 4.79 Å². The Kier molecular flexibility index (Phi) is 3.16. The van der Waals surface area contributed by atoms with E-state index in [0.29, 0.717) is 30.4 Å². The van der Waals surface area contributed by atoms with E-state index in [0.717, 1.165) is 22.9 Å². The highest BCUT2D eigenvalue weighted by atomic mass is 79.9. The molecule has 0 saturated heterocycles. The standard InChI is InChI=1S/C16H15BrN2O4/c1-19-12(6-11(18-19)15(20)21)9-4-10(17)14-13(5-9)22-7-16(2-3-16)8-23-14/h4-6H,2-3,7-8H2,1H3,(H,20,21). The lowest BCUT2D eigenvalue weighted by molar-refractivity contribution is 0.0689. The average molecular weight is 379 g/mol. The highest BCUT2D eigenvalue weighted by Gasteiger charge is 2.46. The molecule has 120 valence electrons. The molecule has 0 bridgehead atoms. The predicted molar refractivity (Wildman–Crippen MR) is 86.0 cm³/mol. The fraction of sp³-hybridized carbons (Fsp3) is 0.375. The number of benzene rings is 1. The quantitative estimate of drug-likeness (QED) is 0.868. The molecule has 23 heavy (non-hydrogen) atoms. The molecule has 1 N–H and O–H groups in total. The number of carbonyl (C=O) groups is 1. The lowest BCUT2D eigenvalue weighted by atomic mass is 10.1. The van der Waals surface area contributed by atoms with E-state index in [2.05, 4.69) is 21.0 Å². The maximum absolute atomic E-state index is 11.1. The molecule has 0 radical (unpaired) electrons. The van der Waals surface area contributed by atoms with E-state index in [1.54, 1.807) is 17.8 Å². The topological polar surface area (TPSA) is 73.6 Å². The summed E-state index contributed by atoms with van der Waals surface area (Å²) in [6.07, 6.45) is 2.27. The third kappa shape index (κ3) is 2.49. The van der Waals surface area contributed by atoms with Crippen LogP contribution in [0.5, 0.6) is 11.5 Å². The van der Waals surface area contributed by atoms with E-state index in [1.165, 1.54) is 0 Å². The van der Waals surface area contributed by atoms with Gasteiger partial charge in [0.1, 0.15) is 0 Å². The molecule has 1 fully saturated rings. The first-order valence-corrected chi connectivity index (χ1v) is 8.14. The van der Waals surface area contributed by atoms with Crippen LogP contribution in [0, 0.1) is 5.41 Å². The van der Waals surface area contributed by atoms with Crippen LogP contribution in [0.3, 0.4) is 0 Å². The summed E-state index contributed by atoms with van der Waals surface area (Å²) in [6, 6.07) is 5.33. The molecule has 1 saturated carbocycles. The van der Waals surface area contributed by atoms with Crippen molar-refractivity contribution in [3.05, 3.63) is 28.4 Å². The minimum absolute atomic E-state index is 0.0164. The fourth-order valence-electron chi connectivity index (χ4n) is 2.77. The molecule has 0 unspecified atom stereocenters. The molecule has 1 spiro atoms. The first-order chi connectivity index (χ1) is 11.0. The number of hydrogen-bond donors (Lipinski definition) is 1. The normalized spacial score (nSPS) is 17.8. The SMILES string of the molecule is Cn1nc(C(=O)O)cc1-c1cc(Br)c2c(c1)OCC1(CC1)CO2. The van der Waals surface area contributed by atoms with E-state index >= 15 is 0 Å². The molecular weight excluding hydrogens is 364 g/mol. The summed E-state index contributed by atoms with van der Waals surface area (Å²) >= 11 is 3.53. The van der Waals surface area contributed by atoms with Gasteiger partial charge in [0, 0.05) is 18.0 Å². The van der Waals surface area contributed by atoms with Gasteiger partial charge in [-0.3, -0.25) is 4.68 Å². The summed E-state index contributed by atoms with van der Waals surface area (Å²) in [5, 5.41) is 13.1. The molecular formula is C16H15BrN2O4. The first-order valence-electron chi connectivity index (χ1n) is 7.34. The van der Waals surface area contributed by atoms with Crippen molar-refractivity contribution in [2.75, 3.05) is 13.2 Å². The second-order valence-corrected chi connectivity index (χ2v) is 7.06. The number of carboxylic acid groups (broad SMARTS) is 1. The number of aromatic nitrogens is 2. The van der Waals surface area contributed by atoms with Crippen LogP contribution in [-0.4, -0.2) is 34.1 Å². The van der Waals surface area contributed by atoms with E-state index in [9.17, 15) is 4.79 Å². The predicted octanol–water partition coefficient (Wildman–Crippen LogP) is 3.10. The number of hydrogen-bond acceptors (Lipinski definition) is 4. The third-order valence-corrected chi connectivity index (χ3v) is 5.01. The summed E-state index contributed by atoms with van der Waals surface area (Å²) in [6.45, 7) is 1.33. The molecule has 1 aliphatic heterocycles.